The largest absolute Gasteiger partial charge is 0.477 e. The molecule has 0 saturated carbocycles. The molecule has 0 aliphatic heterocycles. The van der Waals surface area contributed by atoms with Crippen LogP contribution in [-0.4, -0.2) is 23.6 Å². The van der Waals surface area contributed by atoms with E-state index in [1.807, 2.05) is 45.0 Å². The van der Waals surface area contributed by atoms with E-state index in [0.717, 1.165) is 23.9 Å². The Morgan fingerprint density at radius 3 is 2.48 bits per heavy atom. The van der Waals surface area contributed by atoms with E-state index in [0.29, 0.717) is 0 Å². The van der Waals surface area contributed by atoms with Crippen LogP contribution in [0.3, 0.4) is 0 Å². The number of para-hydroxylation sites is 1. The van der Waals surface area contributed by atoms with Gasteiger partial charge in [-0.05, 0) is 24.0 Å². The number of rotatable bonds is 6. The van der Waals surface area contributed by atoms with Gasteiger partial charge in [-0.1, -0.05) is 39.0 Å². The van der Waals surface area contributed by atoms with Crippen LogP contribution >= 0.6 is 0 Å². The number of ether oxygens (including phenoxy) is 1. The number of halogens is 3. The zero-order valence-electron chi connectivity index (χ0n) is 14.8. The summed E-state index contributed by atoms with van der Waals surface area (Å²) < 4.78 is 44.8. The van der Waals surface area contributed by atoms with Gasteiger partial charge in [0.25, 0.3) is 0 Å². The van der Waals surface area contributed by atoms with E-state index in [1.54, 1.807) is 11.9 Å². The average molecular weight is 353 g/mol. The van der Waals surface area contributed by atoms with Crippen molar-refractivity contribution in [2.75, 3.05) is 18.6 Å². The summed E-state index contributed by atoms with van der Waals surface area (Å²) in [7, 11) is 1.73. The highest BCUT2D eigenvalue weighted by Crippen LogP contribution is 2.36. The number of nitrogens with zero attached hydrogens (tertiary/aromatic N) is 3. The zero-order chi connectivity index (χ0) is 18.6. The summed E-state index contributed by atoms with van der Waals surface area (Å²) in [4.78, 5) is 9.60. The first-order chi connectivity index (χ1) is 11.7. The fourth-order valence-corrected chi connectivity index (χ4v) is 2.31. The van der Waals surface area contributed by atoms with Crippen LogP contribution in [0.2, 0.25) is 0 Å². The predicted octanol–water partition coefficient (Wildman–Crippen LogP) is 4.86. The minimum absolute atomic E-state index is 0.0815. The molecule has 0 saturated heterocycles. The molecule has 0 N–H and O–H groups in total. The highest BCUT2D eigenvalue weighted by molar-refractivity contribution is 5.61. The molecule has 2 aromatic rings. The Labute approximate surface area is 145 Å². The normalized spacial score (nSPS) is 11.7. The Kier molecular flexibility index (Phi) is 5.87. The first-order valence-corrected chi connectivity index (χ1v) is 8.12. The van der Waals surface area contributed by atoms with E-state index < -0.39 is 17.6 Å². The molecule has 0 atom stereocenters. The molecule has 1 aromatic heterocycles. The van der Waals surface area contributed by atoms with Crippen LogP contribution in [-0.2, 0) is 12.6 Å². The molecule has 1 heterocycles. The molecule has 0 unspecified atom stereocenters. The van der Waals surface area contributed by atoms with Crippen LogP contribution < -0.4 is 9.64 Å². The van der Waals surface area contributed by atoms with E-state index in [4.69, 9.17) is 4.74 Å². The lowest BCUT2D eigenvalue weighted by Gasteiger charge is -2.22. The Hall–Kier alpha value is -2.31. The smallest absolute Gasteiger partial charge is 0.423 e. The molecule has 0 fully saturated rings. The van der Waals surface area contributed by atoms with E-state index in [-0.39, 0.29) is 18.5 Å². The maximum Gasteiger partial charge on any atom is 0.423 e. The fourth-order valence-electron chi connectivity index (χ4n) is 2.31. The molecule has 0 bridgehead atoms. The maximum atomic E-state index is 13.2. The van der Waals surface area contributed by atoms with Crippen molar-refractivity contribution in [1.82, 2.24) is 9.97 Å². The van der Waals surface area contributed by atoms with Crippen molar-refractivity contribution >= 4 is 11.6 Å². The second-order valence-corrected chi connectivity index (χ2v) is 6.13. The summed E-state index contributed by atoms with van der Waals surface area (Å²) in [6.45, 7) is 5.88. The number of aryl methyl sites for hydroxylation is 1. The number of aromatic nitrogens is 2. The Morgan fingerprint density at radius 1 is 1.20 bits per heavy atom. The van der Waals surface area contributed by atoms with Crippen LogP contribution in [0.1, 0.15) is 31.9 Å². The van der Waals surface area contributed by atoms with Crippen molar-refractivity contribution in [2.24, 2.45) is 5.92 Å². The van der Waals surface area contributed by atoms with Crippen molar-refractivity contribution in [3.05, 3.63) is 41.6 Å². The first-order valence-electron chi connectivity index (χ1n) is 8.12. The van der Waals surface area contributed by atoms with Gasteiger partial charge in [-0.15, -0.1) is 0 Å². The quantitative estimate of drug-likeness (QED) is 0.743. The summed E-state index contributed by atoms with van der Waals surface area (Å²) in [5.41, 5.74) is 0.937. The van der Waals surface area contributed by atoms with Gasteiger partial charge in [0.15, 0.2) is 0 Å². The lowest BCUT2D eigenvalue weighted by atomic mass is 10.1. The summed E-state index contributed by atoms with van der Waals surface area (Å²) in [6.07, 6.45) is -2.99. The number of benzene rings is 1. The summed E-state index contributed by atoms with van der Waals surface area (Å²) in [5.74, 6) is -0.197. The molecular weight excluding hydrogens is 331 g/mol. The summed E-state index contributed by atoms with van der Waals surface area (Å²) in [5, 5.41) is 0. The highest BCUT2D eigenvalue weighted by Gasteiger charge is 2.36. The van der Waals surface area contributed by atoms with Crippen molar-refractivity contribution < 1.29 is 17.9 Å². The predicted molar refractivity (Wildman–Crippen MR) is 91.3 cm³/mol. The van der Waals surface area contributed by atoms with Crippen LogP contribution in [0, 0.1) is 5.92 Å². The second-order valence-electron chi connectivity index (χ2n) is 6.13. The number of alkyl halides is 3. The molecule has 1 aromatic carbocycles. The molecular formula is C18H22F3N3O. The summed E-state index contributed by atoms with van der Waals surface area (Å²) in [6, 6.07) is 7.63. The van der Waals surface area contributed by atoms with Crippen molar-refractivity contribution in [1.29, 1.82) is 0 Å². The lowest BCUT2D eigenvalue weighted by Crippen LogP contribution is -2.19. The third-order valence-electron chi connectivity index (χ3n) is 3.63. The molecule has 7 heteroatoms. The van der Waals surface area contributed by atoms with Gasteiger partial charge in [-0.2, -0.15) is 18.2 Å². The van der Waals surface area contributed by atoms with Gasteiger partial charge in [0.05, 0.1) is 6.61 Å². The van der Waals surface area contributed by atoms with Gasteiger partial charge in [-0.3, -0.25) is 0 Å². The molecule has 0 aliphatic carbocycles. The van der Waals surface area contributed by atoms with Crippen molar-refractivity contribution in [3.8, 4) is 5.88 Å². The minimum atomic E-state index is -4.56. The molecule has 0 aliphatic rings. The molecule has 136 valence electrons. The number of hydrogen-bond donors (Lipinski definition) is 0. The van der Waals surface area contributed by atoms with Crippen LogP contribution in [0.15, 0.2) is 30.5 Å². The summed E-state index contributed by atoms with van der Waals surface area (Å²) >= 11 is 0. The van der Waals surface area contributed by atoms with Crippen LogP contribution in [0.25, 0.3) is 0 Å². The SMILES string of the molecule is CCc1ccccc1N(C)c1ncc(C(F)(F)F)c(OCC(C)C)n1. The first kappa shape index (κ1) is 19.0. The van der Waals surface area contributed by atoms with E-state index in [9.17, 15) is 13.2 Å². The molecule has 2 rings (SSSR count). The van der Waals surface area contributed by atoms with Gasteiger partial charge >= 0.3 is 6.18 Å². The van der Waals surface area contributed by atoms with Gasteiger partial charge in [0, 0.05) is 18.9 Å². The monoisotopic (exact) mass is 353 g/mol. The van der Waals surface area contributed by atoms with Gasteiger partial charge in [0.1, 0.15) is 5.56 Å². The minimum Gasteiger partial charge on any atom is -0.477 e. The Morgan fingerprint density at radius 2 is 1.88 bits per heavy atom. The van der Waals surface area contributed by atoms with E-state index >= 15 is 0 Å². The van der Waals surface area contributed by atoms with Crippen LogP contribution in [0.4, 0.5) is 24.8 Å². The third kappa shape index (κ3) is 4.61. The second kappa shape index (κ2) is 7.72. The van der Waals surface area contributed by atoms with Gasteiger partial charge in [-0.25, -0.2) is 4.98 Å². The molecule has 0 amide bonds. The average Bonchev–Trinajstić information content (AvgIpc) is 2.58. The highest BCUT2D eigenvalue weighted by atomic mass is 19.4. The maximum absolute atomic E-state index is 13.2. The van der Waals surface area contributed by atoms with Gasteiger partial charge in [0.2, 0.25) is 11.8 Å². The Balaban J connectivity index is 2.43. The fraction of sp³-hybridized carbons (Fsp3) is 0.444. The van der Waals surface area contributed by atoms with Gasteiger partial charge < -0.3 is 9.64 Å². The Bertz CT molecular complexity index is 717. The molecule has 0 spiro atoms. The number of anilines is 2. The van der Waals surface area contributed by atoms with Crippen LogP contribution in [0.5, 0.6) is 5.88 Å². The lowest BCUT2D eigenvalue weighted by molar-refractivity contribution is -0.139. The molecule has 25 heavy (non-hydrogen) atoms. The molecule has 0 radical (unpaired) electrons. The standard InChI is InChI=1S/C18H22F3N3O/c1-5-13-8-6-7-9-15(13)24(4)17-22-10-14(18(19,20)21)16(23-17)25-11-12(2)3/h6-10,12H,5,11H2,1-4H3. The number of hydrogen-bond acceptors (Lipinski definition) is 4. The van der Waals surface area contributed by atoms with E-state index in [1.165, 1.54) is 0 Å². The zero-order valence-corrected chi connectivity index (χ0v) is 14.8. The van der Waals surface area contributed by atoms with Crippen molar-refractivity contribution in [2.45, 2.75) is 33.4 Å². The van der Waals surface area contributed by atoms with Crippen molar-refractivity contribution in [3.63, 3.8) is 0 Å². The van der Waals surface area contributed by atoms with E-state index in [2.05, 4.69) is 9.97 Å². The topological polar surface area (TPSA) is 38.2 Å². The third-order valence-corrected chi connectivity index (χ3v) is 3.63. The molecule has 4 nitrogen and oxygen atoms in total.